The Morgan fingerprint density at radius 1 is 1.17 bits per heavy atom. The molecule has 2 aliphatic rings. The van der Waals surface area contributed by atoms with Gasteiger partial charge in [-0.05, 0) is 41.8 Å². The molecule has 11 heteroatoms. The fraction of sp³-hybridized carbons (Fsp3) is 0.263. The third kappa shape index (κ3) is 3.60. The monoisotopic (exact) mass is 500 g/mol. The maximum atomic E-state index is 12.7. The summed E-state index contributed by atoms with van der Waals surface area (Å²) in [7, 11) is 0. The molecular weight excluding hydrogens is 485 g/mol. The van der Waals surface area contributed by atoms with E-state index < -0.39 is 22.1 Å². The zero-order valence-corrected chi connectivity index (χ0v) is 17.8. The third-order valence-electron chi connectivity index (χ3n) is 4.79. The minimum Gasteiger partial charge on any atom is -0.394 e. The van der Waals surface area contributed by atoms with Gasteiger partial charge in [0.1, 0.15) is 11.6 Å². The molecule has 0 amide bonds. The van der Waals surface area contributed by atoms with Gasteiger partial charge in [0.15, 0.2) is 11.5 Å². The first-order valence-corrected chi connectivity index (χ1v) is 10.8. The molecule has 6 nitrogen and oxygen atoms in total. The number of aliphatic imine (C=N–C) groups is 2. The van der Waals surface area contributed by atoms with E-state index in [0.29, 0.717) is 24.5 Å². The van der Waals surface area contributed by atoms with Crippen LogP contribution in [0, 0.1) is 0 Å². The van der Waals surface area contributed by atoms with E-state index >= 15 is 0 Å². The van der Waals surface area contributed by atoms with Gasteiger partial charge in [0.25, 0.3) is 0 Å². The van der Waals surface area contributed by atoms with Crippen molar-refractivity contribution in [3.63, 3.8) is 0 Å². The van der Waals surface area contributed by atoms with Crippen LogP contribution in [0.15, 0.2) is 63.0 Å². The average molecular weight is 501 g/mol. The predicted octanol–water partition coefficient (Wildman–Crippen LogP) is 3.69. The van der Waals surface area contributed by atoms with Gasteiger partial charge in [-0.15, -0.1) is 0 Å². The number of benzene rings is 2. The van der Waals surface area contributed by atoms with Crippen LogP contribution in [0.4, 0.5) is 13.2 Å². The number of hydrogen-bond donors (Lipinski definition) is 1. The molecular formula is C19H16BrF3N4O2S. The molecule has 2 atom stereocenters. The van der Waals surface area contributed by atoms with Crippen molar-refractivity contribution in [3.8, 4) is 5.75 Å². The predicted molar refractivity (Wildman–Crippen MR) is 111 cm³/mol. The second kappa shape index (κ2) is 7.69. The zero-order valence-electron chi connectivity index (χ0n) is 15.4. The van der Waals surface area contributed by atoms with E-state index in [1.807, 2.05) is 29.2 Å². The summed E-state index contributed by atoms with van der Waals surface area (Å²) in [6.45, 7) is 1.22. The molecule has 158 valence electrons. The molecule has 30 heavy (non-hydrogen) atoms. The number of amidine groups is 1. The van der Waals surface area contributed by atoms with E-state index in [2.05, 4.69) is 25.1 Å². The van der Waals surface area contributed by atoms with Gasteiger partial charge in [0, 0.05) is 17.6 Å². The lowest BCUT2D eigenvalue weighted by atomic mass is 9.82. The summed E-state index contributed by atoms with van der Waals surface area (Å²) >= 11 is -0.0284. The maximum absolute atomic E-state index is 12.7. The van der Waals surface area contributed by atoms with E-state index in [4.69, 9.17) is 10.7 Å². The highest BCUT2D eigenvalue weighted by Gasteiger charge is 2.49. The summed E-state index contributed by atoms with van der Waals surface area (Å²) < 4.78 is 55.0. The molecule has 2 heterocycles. The van der Waals surface area contributed by atoms with Crippen molar-refractivity contribution < 1.29 is 21.6 Å². The van der Waals surface area contributed by atoms with Gasteiger partial charge in [-0.25, -0.2) is 9.20 Å². The summed E-state index contributed by atoms with van der Waals surface area (Å²) in [5.74, 6) is 0.679. The molecule has 0 bridgehead atoms. The lowest BCUT2D eigenvalue weighted by Crippen LogP contribution is -2.46. The number of nitrogens with zero attached hydrogens (tertiary/aromatic N) is 3. The second-order valence-corrected chi connectivity index (χ2v) is 8.71. The van der Waals surface area contributed by atoms with Crippen LogP contribution >= 0.6 is 15.9 Å². The molecule has 0 aliphatic carbocycles. The molecule has 2 aromatic carbocycles. The Kier molecular flexibility index (Phi) is 5.35. The molecule has 0 aromatic heterocycles. The lowest BCUT2D eigenvalue weighted by Gasteiger charge is -2.33. The van der Waals surface area contributed by atoms with Crippen LogP contribution in [0.25, 0.3) is 0 Å². The summed E-state index contributed by atoms with van der Waals surface area (Å²) in [5, 5.41) is 0. The number of nitrogens with two attached hydrogens (primary N) is 1. The number of alkyl halides is 3. The smallest absolute Gasteiger partial charge is 0.394 e. The van der Waals surface area contributed by atoms with Gasteiger partial charge in [-0.1, -0.05) is 40.2 Å². The molecule has 0 saturated carbocycles. The Hall–Kier alpha value is -2.40. The Bertz CT molecular complexity index is 1080. The van der Waals surface area contributed by atoms with Gasteiger partial charge in [-0.2, -0.15) is 13.2 Å². The minimum absolute atomic E-state index is 0.193. The van der Waals surface area contributed by atoms with Crippen LogP contribution in [0.3, 0.4) is 0 Å². The summed E-state index contributed by atoms with van der Waals surface area (Å²) in [6, 6.07) is 13.3. The van der Waals surface area contributed by atoms with Gasteiger partial charge < -0.3 is 9.92 Å². The number of fused-ring (bicyclic) bond motifs is 1. The van der Waals surface area contributed by atoms with Gasteiger partial charge >= 0.3 is 16.6 Å². The maximum Gasteiger partial charge on any atom is 0.508 e. The molecule has 0 saturated heterocycles. The number of guanidine groups is 1. The first kappa shape index (κ1) is 20.9. The van der Waals surface area contributed by atoms with Crippen LogP contribution in [0.2, 0.25) is 0 Å². The normalized spacial score (nSPS) is 22.2. The van der Waals surface area contributed by atoms with E-state index in [1.165, 1.54) is 18.2 Å². The van der Waals surface area contributed by atoms with E-state index in [9.17, 15) is 17.4 Å². The molecule has 4 rings (SSSR count). The van der Waals surface area contributed by atoms with Crippen molar-refractivity contribution >= 4 is 38.8 Å². The summed E-state index contributed by atoms with van der Waals surface area (Å²) in [5.41, 5.74) is 1.30. The van der Waals surface area contributed by atoms with Crippen LogP contribution in [-0.4, -0.2) is 39.5 Å². The fourth-order valence-electron chi connectivity index (χ4n) is 3.60. The van der Waals surface area contributed by atoms with Crippen molar-refractivity contribution in [2.45, 2.75) is 17.5 Å². The van der Waals surface area contributed by atoms with Gasteiger partial charge in [0.2, 0.25) is 0 Å². The van der Waals surface area contributed by atoms with Crippen LogP contribution in [-0.2, 0) is 16.6 Å². The molecule has 0 radical (unpaired) electrons. The van der Waals surface area contributed by atoms with Crippen molar-refractivity contribution in [3.05, 3.63) is 64.1 Å². The Morgan fingerprint density at radius 2 is 1.87 bits per heavy atom. The largest absolute Gasteiger partial charge is 0.508 e. The van der Waals surface area contributed by atoms with Crippen molar-refractivity contribution in [2.24, 2.45) is 15.7 Å². The lowest BCUT2D eigenvalue weighted by molar-refractivity contribution is -0.0437. The van der Waals surface area contributed by atoms with Gasteiger partial charge in [0.05, 0.1) is 0 Å². The van der Waals surface area contributed by atoms with Gasteiger partial charge in [-0.3, -0.25) is 9.89 Å². The minimum atomic E-state index is -4.99. The molecule has 2 unspecified atom stereocenters. The Labute approximate surface area is 181 Å². The Balaban J connectivity index is 1.88. The molecule has 2 aliphatic heterocycles. The molecule has 0 spiro atoms. The van der Waals surface area contributed by atoms with Crippen molar-refractivity contribution in [1.29, 1.82) is 0 Å². The summed E-state index contributed by atoms with van der Waals surface area (Å²) in [4.78, 5) is 11.2. The zero-order chi connectivity index (χ0) is 21.5. The molecule has 2 aromatic rings. The van der Waals surface area contributed by atoms with Crippen LogP contribution < -0.4 is 9.92 Å². The molecule has 2 N–H and O–H groups in total. The highest BCUT2D eigenvalue weighted by atomic mass is 79.9. The highest BCUT2D eigenvalue weighted by molar-refractivity contribution is 9.10. The molecule has 0 fully saturated rings. The quantitative estimate of drug-likeness (QED) is 0.694. The second-order valence-electron chi connectivity index (χ2n) is 6.69. The first-order chi connectivity index (χ1) is 14.2. The number of rotatable bonds is 4. The van der Waals surface area contributed by atoms with E-state index in [0.717, 1.165) is 16.5 Å². The first-order valence-electron chi connectivity index (χ1n) is 8.93. The topological polar surface area (TPSA) is 80.3 Å². The van der Waals surface area contributed by atoms with Crippen molar-refractivity contribution in [2.75, 3.05) is 13.1 Å². The number of halogens is 4. The fourth-order valence-corrected chi connectivity index (χ4v) is 4.37. The van der Waals surface area contributed by atoms with E-state index in [-0.39, 0.29) is 11.7 Å². The number of hydrogen-bond acceptors (Lipinski definition) is 6. The average Bonchev–Trinajstić information content (AvgIpc) is 3.01. The van der Waals surface area contributed by atoms with Crippen molar-refractivity contribution in [1.82, 2.24) is 4.90 Å². The SMILES string of the molecule is NC1=NC(c2cccc(Br)c2)(c2cccc(OS(=O)C(F)(F)F)c2)C2=NCCCN12. The van der Waals surface area contributed by atoms with Crippen LogP contribution in [0.5, 0.6) is 5.75 Å². The third-order valence-corrected chi connectivity index (χ3v) is 6.01. The summed E-state index contributed by atoms with van der Waals surface area (Å²) in [6.07, 6.45) is 0.808. The highest BCUT2D eigenvalue weighted by Crippen LogP contribution is 2.43. The van der Waals surface area contributed by atoms with Crippen LogP contribution in [0.1, 0.15) is 17.5 Å². The Morgan fingerprint density at radius 3 is 2.57 bits per heavy atom. The van der Waals surface area contributed by atoms with E-state index in [1.54, 1.807) is 6.07 Å². The standard InChI is InChI=1S/C19H16BrF3N4O2S/c20-14-6-1-4-12(10-14)18(16-25-8-3-9-27(16)17(24)26-18)13-5-2-7-15(11-13)29-30(28)19(21,22)23/h1-2,4-7,10-11H,3,8-9H2,(H2,24,26).